The zero-order valence-corrected chi connectivity index (χ0v) is 12.7. The fourth-order valence-electron chi connectivity index (χ4n) is 1.95. The number of esters is 1. The minimum Gasteiger partial charge on any atom is -0.450 e. The van der Waals surface area contributed by atoms with Crippen molar-refractivity contribution in [2.24, 2.45) is 0 Å². The number of carbonyl (C=O) groups is 3. The molecule has 114 valence electrons. The second-order valence-corrected chi connectivity index (χ2v) is 5.14. The molecule has 5 nitrogen and oxygen atoms in total. The van der Waals surface area contributed by atoms with Crippen LogP contribution in [0.4, 0.5) is 0 Å². The molecule has 0 aliphatic carbocycles. The third-order valence-corrected chi connectivity index (χ3v) is 3.30. The standard InChI is InChI=1S/C17H17NO4/c1-10-4-6-13(7-5-10)16(20)12(3)22-17(21)15-8-14(9-18-15)11(2)19/h4-9,12,18H,1-3H3/t12-/m1/s1. The maximum Gasteiger partial charge on any atom is 0.355 e. The fraction of sp³-hybridized carbons (Fsp3) is 0.235. The lowest BCUT2D eigenvalue weighted by atomic mass is 10.1. The predicted octanol–water partition coefficient (Wildman–Crippen LogP) is 2.95. The monoisotopic (exact) mass is 299 g/mol. The van der Waals surface area contributed by atoms with Crippen LogP contribution in [0.15, 0.2) is 36.5 Å². The van der Waals surface area contributed by atoms with Gasteiger partial charge in [0.2, 0.25) is 5.78 Å². The molecular formula is C17H17NO4. The Bertz CT molecular complexity index is 713. The third kappa shape index (κ3) is 3.49. The van der Waals surface area contributed by atoms with E-state index in [-0.39, 0.29) is 17.3 Å². The second kappa shape index (κ2) is 6.39. The highest BCUT2D eigenvalue weighted by Gasteiger charge is 2.21. The molecule has 0 saturated heterocycles. The smallest absolute Gasteiger partial charge is 0.355 e. The number of benzene rings is 1. The summed E-state index contributed by atoms with van der Waals surface area (Å²) in [6.07, 6.45) is 0.532. The largest absolute Gasteiger partial charge is 0.450 e. The Morgan fingerprint density at radius 3 is 2.27 bits per heavy atom. The zero-order valence-electron chi connectivity index (χ0n) is 12.7. The van der Waals surface area contributed by atoms with Gasteiger partial charge in [-0.15, -0.1) is 0 Å². The predicted molar refractivity (Wildman–Crippen MR) is 81.2 cm³/mol. The molecule has 1 aromatic heterocycles. The van der Waals surface area contributed by atoms with Gasteiger partial charge in [-0.2, -0.15) is 0 Å². The van der Waals surface area contributed by atoms with Crippen molar-refractivity contribution in [3.05, 3.63) is 58.9 Å². The van der Waals surface area contributed by atoms with E-state index in [2.05, 4.69) is 4.98 Å². The lowest BCUT2D eigenvalue weighted by Crippen LogP contribution is -2.24. The number of ether oxygens (including phenoxy) is 1. The van der Waals surface area contributed by atoms with E-state index in [1.54, 1.807) is 12.1 Å². The van der Waals surface area contributed by atoms with Crippen molar-refractivity contribution < 1.29 is 19.1 Å². The molecule has 0 amide bonds. The minimum atomic E-state index is -0.903. The molecule has 0 aliphatic rings. The third-order valence-electron chi connectivity index (χ3n) is 3.30. The molecule has 1 atom stereocenters. The average Bonchev–Trinajstić information content (AvgIpc) is 2.97. The Balaban J connectivity index is 2.05. The minimum absolute atomic E-state index is 0.147. The van der Waals surface area contributed by atoms with Crippen molar-refractivity contribution in [3.8, 4) is 0 Å². The Kier molecular flexibility index (Phi) is 4.56. The van der Waals surface area contributed by atoms with E-state index in [0.717, 1.165) is 5.56 Å². The van der Waals surface area contributed by atoms with Gasteiger partial charge in [-0.3, -0.25) is 9.59 Å². The summed E-state index contributed by atoms with van der Waals surface area (Å²) >= 11 is 0. The van der Waals surface area contributed by atoms with E-state index in [1.165, 1.54) is 26.1 Å². The molecule has 0 unspecified atom stereocenters. The highest BCUT2D eigenvalue weighted by atomic mass is 16.5. The first-order valence-corrected chi connectivity index (χ1v) is 6.89. The number of rotatable bonds is 5. The summed E-state index contributed by atoms with van der Waals surface area (Å²) in [5.41, 5.74) is 2.07. The van der Waals surface area contributed by atoms with Crippen molar-refractivity contribution in [2.45, 2.75) is 26.9 Å². The summed E-state index contributed by atoms with van der Waals surface area (Å²) in [5.74, 6) is -1.09. The summed E-state index contributed by atoms with van der Waals surface area (Å²) in [6, 6.07) is 8.46. The van der Waals surface area contributed by atoms with Gasteiger partial charge in [0.15, 0.2) is 11.9 Å². The molecule has 1 heterocycles. The number of hydrogen-bond donors (Lipinski definition) is 1. The first-order valence-electron chi connectivity index (χ1n) is 6.89. The first kappa shape index (κ1) is 15.7. The molecule has 0 radical (unpaired) electrons. The van der Waals surface area contributed by atoms with E-state index in [0.29, 0.717) is 11.1 Å². The number of carbonyl (C=O) groups excluding carboxylic acids is 3. The van der Waals surface area contributed by atoms with Gasteiger partial charge in [0.25, 0.3) is 0 Å². The molecule has 1 aromatic carbocycles. The molecule has 0 bridgehead atoms. The number of aromatic nitrogens is 1. The quantitative estimate of drug-likeness (QED) is 0.680. The van der Waals surface area contributed by atoms with Gasteiger partial charge in [-0.25, -0.2) is 4.79 Å². The van der Waals surface area contributed by atoms with Crippen LogP contribution in [0.25, 0.3) is 0 Å². The Morgan fingerprint density at radius 1 is 1.09 bits per heavy atom. The van der Waals surface area contributed by atoms with Gasteiger partial charge in [0.05, 0.1) is 0 Å². The molecule has 0 fully saturated rings. The van der Waals surface area contributed by atoms with E-state index in [9.17, 15) is 14.4 Å². The van der Waals surface area contributed by atoms with Gasteiger partial charge in [-0.1, -0.05) is 29.8 Å². The normalized spacial score (nSPS) is 11.8. The molecule has 0 aliphatic heterocycles. The molecule has 22 heavy (non-hydrogen) atoms. The molecule has 2 aromatic rings. The average molecular weight is 299 g/mol. The summed E-state index contributed by atoms with van der Waals surface area (Å²) < 4.78 is 5.14. The number of ketones is 2. The van der Waals surface area contributed by atoms with Crippen LogP contribution in [0.2, 0.25) is 0 Å². The van der Waals surface area contributed by atoms with Crippen LogP contribution in [0.5, 0.6) is 0 Å². The van der Waals surface area contributed by atoms with Gasteiger partial charge in [0, 0.05) is 17.3 Å². The number of nitrogens with one attached hydrogen (secondary N) is 1. The van der Waals surface area contributed by atoms with Crippen molar-refractivity contribution >= 4 is 17.5 Å². The Morgan fingerprint density at radius 2 is 1.73 bits per heavy atom. The molecule has 1 N–H and O–H groups in total. The van der Waals surface area contributed by atoms with E-state index in [1.807, 2.05) is 19.1 Å². The van der Waals surface area contributed by atoms with Gasteiger partial charge in [0.1, 0.15) is 5.69 Å². The molecular weight excluding hydrogens is 282 g/mol. The van der Waals surface area contributed by atoms with Crippen LogP contribution in [0.3, 0.4) is 0 Å². The highest BCUT2D eigenvalue weighted by Crippen LogP contribution is 2.11. The van der Waals surface area contributed by atoms with E-state index in [4.69, 9.17) is 4.74 Å². The number of hydrogen-bond acceptors (Lipinski definition) is 4. The summed E-state index contributed by atoms with van der Waals surface area (Å²) in [5, 5.41) is 0. The van der Waals surface area contributed by atoms with Gasteiger partial charge in [-0.05, 0) is 26.8 Å². The van der Waals surface area contributed by atoms with Crippen molar-refractivity contribution in [3.63, 3.8) is 0 Å². The molecule has 0 spiro atoms. The molecule has 2 rings (SSSR count). The molecule has 5 heteroatoms. The maximum atomic E-state index is 12.2. The number of H-pyrrole nitrogens is 1. The van der Waals surface area contributed by atoms with Crippen LogP contribution in [-0.2, 0) is 4.74 Å². The van der Waals surface area contributed by atoms with Gasteiger partial charge < -0.3 is 9.72 Å². The fourth-order valence-corrected chi connectivity index (χ4v) is 1.95. The summed E-state index contributed by atoms with van der Waals surface area (Å²) in [6.45, 7) is 4.85. The topological polar surface area (TPSA) is 76.2 Å². The number of aryl methyl sites for hydroxylation is 1. The highest BCUT2D eigenvalue weighted by molar-refractivity contribution is 6.02. The van der Waals surface area contributed by atoms with Crippen LogP contribution in [-0.4, -0.2) is 28.6 Å². The van der Waals surface area contributed by atoms with Crippen LogP contribution in [0.1, 0.15) is 50.6 Å². The van der Waals surface area contributed by atoms with Crippen molar-refractivity contribution in [2.75, 3.05) is 0 Å². The first-order chi connectivity index (χ1) is 10.4. The van der Waals surface area contributed by atoms with Crippen molar-refractivity contribution in [1.82, 2.24) is 4.98 Å². The van der Waals surface area contributed by atoms with E-state index < -0.39 is 12.1 Å². The van der Waals surface area contributed by atoms with Crippen LogP contribution >= 0.6 is 0 Å². The number of Topliss-reactive ketones (excluding diaryl/α,β-unsaturated/α-hetero) is 2. The lowest BCUT2D eigenvalue weighted by Gasteiger charge is -2.11. The van der Waals surface area contributed by atoms with Crippen LogP contribution < -0.4 is 0 Å². The van der Waals surface area contributed by atoms with Crippen LogP contribution in [0, 0.1) is 6.92 Å². The summed E-state index contributed by atoms with van der Waals surface area (Å²) in [7, 11) is 0. The second-order valence-electron chi connectivity index (χ2n) is 5.14. The van der Waals surface area contributed by atoms with Crippen molar-refractivity contribution in [1.29, 1.82) is 0 Å². The number of aromatic amines is 1. The zero-order chi connectivity index (χ0) is 16.3. The van der Waals surface area contributed by atoms with Gasteiger partial charge >= 0.3 is 5.97 Å². The Labute approximate surface area is 128 Å². The Hall–Kier alpha value is -2.69. The SMILES string of the molecule is CC(=O)c1c[nH]c(C(=O)O[C@H](C)C(=O)c2ccc(C)cc2)c1. The van der Waals surface area contributed by atoms with E-state index >= 15 is 0 Å². The maximum absolute atomic E-state index is 12.2. The summed E-state index contributed by atoms with van der Waals surface area (Å²) in [4.78, 5) is 38.0. The lowest BCUT2D eigenvalue weighted by molar-refractivity contribution is 0.0314. The molecule has 0 saturated carbocycles.